The fourth-order valence-corrected chi connectivity index (χ4v) is 1.58. The minimum atomic E-state index is -0.722. The highest BCUT2D eigenvalue weighted by Gasteiger charge is 2.16. The number of methoxy groups -OCH3 is 1. The second-order valence-electron chi connectivity index (χ2n) is 3.44. The molecule has 0 radical (unpaired) electrons. The van der Waals surface area contributed by atoms with Crippen molar-refractivity contribution in [3.05, 3.63) is 28.2 Å². The molecule has 0 bridgehead atoms. The third-order valence-corrected chi connectivity index (χ3v) is 2.88. The zero-order chi connectivity index (χ0) is 13.0. The predicted molar refractivity (Wildman–Crippen MR) is 66.8 cm³/mol. The lowest BCUT2D eigenvalue weighted by Crippen LogP contribution is -2.42. The molecule has 1 rings (SSSR count). The molecule has 1 unspecified atom stereocenters. The number of rotatable bonds is 4. The maximum atomic E-state index is 11.8. The first kappa shape index (κ1) is 13.5. The van der Waals surface area contributed by atoms with Gasteiger partial charge in [-0.2, -0.15) is 0 Å². The number of hydrogen-bond donors (Lipinski definition) is 2. The molecular weight excluding hydrogens is 288 g/mol. The molecule has 1 atom stereocenters. The zero-order valence-corrected chi connectivity index (χ0v) is 11.1. The monoisotopic (exact) mass is 300 g/mol. The highest BCUT2D eigenvalue weighted by molar-refractivity contribution is 9.10. The average molecular weight is 301 g/mol. The van der Waals surface area contributed by atoms with Crippen LogP contribution in [0, 0.1) is 0 Å². The van der Waals surface area contributed by atoms with Crippen molar-refractivity contribution in [1.29, 1.82) is 0 Å². The summed E-state index contributed by atoms with van der Waals surface area (Å²) in [6, 6.07) is 4.27. The Bertz CT molecular complexity index is 448. The Morgan fingerprint density at radius 1 is 1.47 bits per heavy atom. The fraction of sp³-hybridized carbons (Fsp3) is 0.273. The number of carbonyl (C=O) groups excluding carboxylic acids is 2. The number of amides is 2. The van der Waals surface area contributed by atoms with Gasteiger partial charge in [0.1, 0.15) is 11.8 Å². The van der Waals surface area contributed by atoms with Gasteiger partial charge in [0.2, 0.25) is 5.91 Å². The summed E-state index contributed by atoms with van der Waals surface area (Å²) in [4.78, 5) is 22.7. The quantitative estimate of drug-likeness (QED) is 0.872. The van der Waals surface area contributed by atoms with Gasteiger partial charge in [-0.3, -0.25) is 9.59 Å². The minimum absolute atomic E-state index is 0.387. The second kappa shape index (κ2) is 5.67. The van der Waals surface area contributed by atoms with Gasteiger partial charge in [0.05, 0.1) is 12.7 Å². The summed E-state index contributed by atoms with van der Waals surface area (Å²) in [5, 5.41) is 2.49. The van der Waals surface area contributed by atoms with Gasteiger partial charge in [-0.25, -0.2) is 0 Å². The van der Waals surface area contributed by atoms with E-state index in [1.807, 2.05) is 0 Å². The molecule has 0 fully saturated rings. The molecule has 0 saturated carbocycles. The topological polar surface area (TPSA) is 81.4 Å². The smallest absolute Gasteiger partial charge is 0.253 e. The van der Waals surface area contributed by atoms with Crippen LogP contribution in [0.5, 0.6) is 5.75 Å². The van der Waals surface area contributed by atoms with Crippen LogP contribution in [0.1, 0.15) is 17.3 Å². The van der Waals surface area contributed by atoms with E-state index in [0.29, 0.717) is 15.8 Å². The van der Waals surface area contributed by atoms with Crippen molar-refractivity contribution in [1.82, 2.24) is 5.32 Å². The Hall–Kier alpha value is -1.56. The van der Waals surface area contributed by atoms with Gasteiger partial charge in [0, 0.05) is 4.47 Å². The van der Waals surface area contributed by atoms with Crippen molar-refractivity contribution in [2.75, 3.05) is 7.11 Å². The van der Waals surface area contributed by atoms with Crippen molar-refractivity contribution >= 4 is 27.7 Å². The van der Waals surface area contributed by atoms with Gasteiger partial charge in [-0.1, -0.05) is 0 Å². The van der Waals surface area contributed by atoms with E-state index in [9.17, 15) is 9.59 Å². The first-order valence-corrected chi connectivity index (χ1v) is 5.68. The van der Waals surface area contributed by atoms with Crippen molar-refractivity contribution in [3.63, 3.8) is 0 Å². The Labute approximate surface area is 107 Å². The highest BCUT2D eigenvalue weighted by atomic mass is 79.9. The SMILES string of the molecule is COc1ccc(Br)c(C(=O)NC(C)C(N)=O)c1. The lowest BCUT2D eigenvalue weighted by atomic mass is 10.2. The minimum Gasteiger partial charge on any atom is -0.497 e. The van der Waals surface area contributed by atoms with Crippen LogP contribution in [0.3, 0.4) is 0 Å². The van der Waals surface area contributed by atoms with Crippen LogP contribution in [0.2, 0.25) is 0 Å². The second-order valence-corrected chi connectivity index (χ2v) is 4.30. The van der Waals surface area contributed by atoms with Crippen LogP contribution < -0.4 is 15.8 Å². The Balaban J connectivity index is 2.91. The van der Waals surface area contributed by atoms with Gasteiger partial charge in [0.15, 0.2) is 0 Å². The molecule has 0 spiro atoms. The third-order valence-electron chi connectivity index (χ3n) is 2.19. The van der Waals surface area contributed by atoms with Crippen LogP contribution in [-0.2, 0) is 4.79 Å². The first-order chi connectivity index (χ1) is 7.95. The molecule has 92 valence electrons. The van der Waals surface area contributed by atoms with E-state index in [-0.39, 0.29) is 5.91 Å². The molecule has 1 aromatic rings. The summed E-state index contributed by atoms with van der Waals surface area (Å²) in [5.74, 6) is -0.412. The number of carbonyl (C=O) groups is 2. The summed E-state index contributed by atoms with van der Waals surface area (Å²) in [5.41, 5.74) is 5.45. The number of benzene rings is 1. The molecule has 0 aromatic heterocycles. The molecule has 2 amide bonds. The van der Waals surface area contributed by atoms with E-state index in [0.717, 1.165) is 0 Å². The van der Waals surface area contributed by atoms with Crippen molar-refractivity contribution in [3.8, 4) is 5.75 Å². The molecule has 1 aromatic carbocycles. The van der Waals surface area contributed by atoms with Crippen molar-refractivity contribution < 1.29 is 14.3 Å². The van der Waals surface area contributed by atoms with Crippen molar-refractivity contribution in [2.24, 2.45) is 5.73 Å². The molecule has 0 aliphatic heterocycles. The Kier molecular flexibility index (Phi) is 4.51. The summed E-state index contributed by atoms with van der Waals surface area (Å²) >= 11 is 3.25. The maximum absolute atomic E-state index is 11.8. The Morgan fingerprint density at radius 3 is 2.65 bits per heavy atom. The van der Waals surface area contributed by atoms with Crippen LogP contribution in [0.4, 0.5) is 0 Å². The predicted octanol–water partition coefficient (Wildman–Crippen LogP) is 1.06. The van der Waals surface area contributed by atoms with Crippen LogP contribution in [0.25, 0.3) is 0 Å². The number of nitrogens with two attached hydrogens (primary N) is 1. The fourth-order valence-electron chi connectivity index (χ4n) is 1.15. The molecule has 6 heteroatoms. The standard InChI is InChI=1S/C11H13BrN2O3/c1-6(10(13)15)14-11(16)8-5-7(17-2)3-4-9(8)12/h3-6H,1-2H3,(H2,13,15)(H,14,16). The molecular formula is C11H13BrN2O3. The van der Waals surface area contributed by atoms with Gasteiger partial charge < -0.3 is 15.8 Å². The lowest BCUT2D eigenvalue weighted by Gasteiger charge is -2.11. The summed E-state index contributed by atoms with van der Waals surface area (Å²) in [6.45, 7) is 1.52. The molecule has 0 saturated heterocycles. The number of hydrogen-bond acceptors (Lipinski definition) is 3. The van der Waals surface area contributed by atoms with E-state index in [1.165, 1.54) is 14.0 Å². The molecule has 17 heavy (non-hydrogen) atoms. The van der Waals surface area contributed by atoms with Crippen LogP contribution in [0.15, 0.2) is 22.7 Å². The van der Waals surface area contributed by atoms with Crippen LogP contribution >= 0.6 is 15.9 Å². The summed E-state index contributed by atoms with van der Waals surface area (Å²) in [7, 11) is 1.51. The number of halogens is 1. The first-order valence-electron chi connectivity index (χ1n) is 4.89. The van der Waals surface area contributed by atoms with Gasteiger partial charge >= 0.3 is 0 Å². The summed E-state index contributed by atoms with van der Waals surface area (Å²) < 4.78 is 5.64. The molecule has 0 aliphatic carbocycles. The highest BCUT2D eigenvalue weighted by Crippen LogP contribution is 2.22. The summed E-state index contributed by atoms with van der Waals surface area (Å²) in [6.07, 6.45) is 0. The largest absolute Gasteiger partial charge is 0.497 e. The van der Waals surface area contributed by atoms with E-state index in [1.54, 1.807) is 18.2 Å². The number of primary amides is 1. The lowest BCUT2D eigenvalue weighted by molar-refractivity contribution is -0.119. The van der Waals surface area contributed by atoms with E-state index in [4.69, 9.17) is 10.5 Å². The zero-order valence-electron chi connectivity index (χ0n) is 9.49. The number of ether oxygens (including phenoxy) is 1. The van der Waals surface area contributed by atoms with E-state index < -0.39 is 11.9 Å². The molecule has 5 nitrogen and oxygen atoms in total. The third kappa shape index (κ3) is 3.45. The molecule has 3 N–H and O–H groups in total. The molecule has 0 aliphatic rings. The van der Waals surface area contributed by atoms with Gasteiger partial charge in [-0.15, -0.1) is 0 Å². The normalized spacial score (nSPS) is 11.7. The van der Waals surface area contributed by atoms with Crippen LogP contribution in [-0.4, -0.2) is 25.0 Å². The van der Waals surface area contributed by atoms with Gasteiger partial charge in [-0.05, 0) is 41.1 Å². The average Bonchev–Trinajstić information content (AvgIpc) is 2.29. The Morgan fingerprint density at radius 2 is 2.12 bits per heavy atom. The van der Waals surface area contributed by atoms with Gasteiger partial charge in [0.25, 0.3) is 5.91 Å². The van der Waals surface area contributed by atoms with E-state index >= 15 is 0 Å². The number of nitrogens with one attached hydrogen (secondary N) is 1. The maximum Gasteiger partial charge on any atom is 0.253 e. The van der Waals surface area contributed by atoms with Crippen molar-refractivity contribution in [2.45, 2.75) is 13.0 Å². The molecule has 0 heterocycles. The van der Waals surface area contributed by atoms with E-state index in [2.05, 4.69) is 21.2 Å².